The van der Waals surface area contributed by atoms with E-state index in [-0.39, 0.29) is 5.75 Å². The summed E-state index contributed by atoms with van der Waals surface area (Å²) in [5.41, 5.74) is 0.498. The molecule has 0 aromatic carbocycles. The maximum atomic E-state index is 11.6. The summed E-state index contributed by atoms with van der Waals surface area (Å²) in [7, 11) is -3.24. The summed E-state index contributed by atoms with van der Waals surface area (Å²) >= 11 is 0. The van der Waals surface area contributed by atoms with Crippen LogP contribution in [0.3, 0.4) is 0 Å². The van der Waals surface area contributed by atoms with E-state index < -0.39 is 10.0 Å². The molecular formula is C12H21N3O2S. The molecule has 0 aliphatic rings. The molecule has 18 heavy (non-hydrogen) atoms. The van der Waals surface area contributed by atoms with Gasteiger partial charge in [-0.2, -0.15) is 0 Å². The summed E-state index contributed by atoms with van der Waals surface area (Å²) in [4.78, 5) is 4.17. The molecule has 0 spiro atoms. The summed E-state index contributed by atoms with van der Waals surface area (Å²) in [6.45, 7) is 5.99. The Morgan fingerprint density at radius 1 is 1.33 bits per heavy atom. The van der Waals surface area contributed by atoms with E-state index >= 15 is 0 Å². The zero-order valence-electron chi connectivity index (χ0n) is 11.1. The standard InChI is InChI=1S/C12H21N3O2S/c1-4-8-18(16,17)15-11-6-7-12(13-9-11)14-10(3)5-2/h6-7,9-10,15H,4-5,8H2,1-3H3,(H,13,14). The summed E-state index contributed by atoms with van der Waals surface area (Å²) < 4.78 is 25.6. The number of pyridine rings is 1. The highest BCUT2D eigenvalue weighted by Gasteiger charge is 2.08. The summed E-state index contributed by atoms with van der Waals surface area (Å²) in [6.07, 6.45) is 3.13. The molecule has 0 aliphatic carbocycles. The largest absolute Gasteiger partial charge is 0.368 e. The molecule has 2 N–H and O–H groups in total. The third kappa shape index (κ3) is 4.91. The van der Waals surface area contributed by atoms with Gasteiger partial charge in [0.15, 0.2) is 0 Å². The minimum atomic E-state index is -3.24. The maximum absolute atomic E-state index is 11.6. The first-order valence-electron chi connectivity index (χ1n) is 6.20. The Hall–Kier alpha value is -1.30. The van der Waals surface area contributed by atoms with Gasteiger partial charge in [0.1, 0.15) is 5.82 Å². The van der Waals surface area contributed by atoms with Gasteiger partial charge in [0, 0.05) is 6.04 Å². The Morgan fingerprint density at radius 3 is 2.56 bits per heavy atom. The number of nitrogens with one attached hydrogen (secondary N) is 2. The minimum Gasteiger partial charge on any atom is -0.368 e. The Balaban J connectivity index is 2.66. The first-order chi connectivity index (χ1) is 8.46. The smallest absolute Gasteiger partial charge is 0.232 e. The zero-order valence-corrected chi connectivity index (χ0v) is 11.9. The van der Waals surface area contributed by atoms with Gasteiger partial charge in [-0.1, -0.05) is 13.8 Å². The third-order valence-corrected chi connectivity index (χ3v) is 4.01. The predicted molar refractivity (Wildman–Crippen MR) is 75.3 cm³/mol. The van der Waals surface area contributed by atoms with Crippen molar-refractivity contribution in [2.45, 2.75) is 39.7 Å². The topological polar surface area (TPSA) is 71.1 Å². The third-order valence-electron chi connectivity index (χ3n) is 2.52. The van der Waals surface area contributed by atoms with Gasteiger partial charge in [0.2, 0.25) is 10.0 Å². The number of sulfonamides is 1. The molecule has 1 heterocycles. The van der Waals surface area contributed by atoms with Crippen molar-refractivity contribution in [1.29, 1.82) is 0 Å². The van der Waals surface area contributed by atoms with Crippen molar-refractivity contribution in [1.82, 2.24) is 4.98 Å². The fourth-order valence-electron chi connectivity index (χ4n) is 1.39. The highest BCUT2D eigenvalue weighted by molar-refractivity contribution is 7.92. The normalized spacial score (nSPS) is 13.1. The Bertz CT molecular complexity index is 457. The molecule has 1 unspecified atom stereocenters. The lowest BCUT2D eigenvalue weighted by atomic mass is 10.2. The average Bonchev–Trinajstić information content (AvgIpc) is 2.31. The van der Waals surface area contributed by atoms with E-state index in [9.17, 15) is 8.42 Å². The number of rotatable bonds is 7. The molecule has 1 rings (SSSR count). The summed E-state index contributed by atoms with van der Waals surface area (Å²) in [6, 6.07) is 3.83. The van der Waals surface area contributed by atoms with Gasteiger partial charge >= 0.3 is 0 Å². The zero-order chi connectivity index (χ0) is 13.6. The molecular weight excluding hydrogens is 250 g/mol. The molecule has 6 heteroatoms. The molecule has 1 atom stereocenters. The highest BCUT2D eigenvalue weighted by Crippen LogP contribution is 2.13. The number of nitrogens with zero attached hydrogens (tertiary/aromatic N) is 1. The number of hydrogen-bond donors (Lipinski definition) is 2. The van der Waals surface area contributed by atoms with E-state index in [1.54, 1.807) is 12.1 Å². The molecule has 0 fully saturated rings. The molecule has 0 bridgehead atoms. The second kappa shape index (κ2) is 6.58. The van der Waals surface area contributed by atoms with Crippen LogP contribution in [0.25, 0.3) is 0 Å². The van der Waals surface area contributed by atoms with E-state index in [2.05, 4.69) is 28.9 Å². The van der Waals surface area contributed by atoms with Crippen molar-refractivity contribution in [2.24, 2.45) is 0 Å². The lowest BCUT2D eigenvalue weighted by Crippen LogP contribution is -2.17. The van der Waals surface area contributed by atoms with E-state index in [1.807, 2.05) is 6.92 Å². The van der Waals surface area contributed by atoms with Crippen molar-refractivity contribution in [3.8, 4) is 0 Å². The summed E-state index contributed by atoms with van der Waals surface area (Å²) in [5, 5.41) is 3.22. The molecule has 1 aromatic heterocycles. The van der Waals surface area contributed by atoms with Crippen LogP contribution in [0.5, 0.6) is 0 Å². The minimum absolute atomic E-state index is 0.125. The van der Waals surface area contributed by atoms with Crippen molar-refractivity contribution < 1.29 is 8.42 Å². The Morgan fingerprint density at radius 2 is 2.06 bits per heavy atom. The van der Waals surface area contributed by atoms with Gasteiger partial charge in [-0.25, -0.2) is 13.4 Å². The van der Waals surface area contributed by atoms with Crippen LogP contribution in [-0.2, 0) is 10.0 Å². The lowest BCUT2D eigenvalue weighted by molar-refractivity contribution is 0.600. The Labute approximate surface area is 109 Å². The van der Waals surface area contributed by atoms with Crippen LogP contribution in [0.4, 0.5) is 11.5 Å². The molecule has 0 saturated carbocycles. The molecule has 5 nitrogen and oxygen atoms in total. The molecule has 0 saturated heterocycles. The Kier molecular flexibility index (Phi) is 5.40. The van der Waals surface area contributed by atoms with Crippen molar-refractivity contribution >= 4 is 21.5 Å². The number of anilines is 2. The van der Waals surface area contributed by atoms with Gasteiger partial charge in [0.25, 0.3) is 0 Å². The van der Waals surface area contributed by atoms with Gasteiger partial charge in [-0.05, 0) is 31.9 Å². The van der Waals surface area contributed by atoms with E-state index in [0.29, 0.717) is 18.2 Å². The van der Waals surface area contributed by atoms with E-state index in [1.165, 1.54) is 6.20 Å². The molecule has 0 radical (unpaired) electrons. The molecule has 0 aliphatic heterocycles. The van der Waals surface area contributed by atoms with Crippen LogP contribution in [0, 0.1) is 0 Å². The molecule has 102 valence electrons. The molecule has 0 amide bonds. The van der Waals surface area contributed by atoms with Gasteiger partial charge in [-0.3, -0.25) is 4.72 Å². The van der Waals surface area contributed by atoms with Crippen LogP contribution in [0.15, 0.2) is 18.3 Å². The first-order valence-corrected chi connectivity index (χ1v) is 7.85. The van der Waals surface area contributed by atoms with Gasteiger partial charge < -0.3 is 5.32 Å². The molecule has 1 aromatic rings. The number of aromatic nitrogens is 1. The first kappa shape index (κ1) is 14.8. The van der Waals surface area contributed by atoms with Crippen LogP contribution in [0.1, 0.15) is 33.6 Å². The van der Waals surface area contributed by atoms with Crippen LogP contribution < -0.4 is 10.0 Å². The van der Waals surface area contributed by atoms with Gasteiger partial charge in [0.05, 0.1) is 17.6 Å². The van der Waals surface area contributed by atoms with Crippen molar-refractivity contribution in [3.05, 3.63) is 18.3 Å². The fraction of sp³-hybridized carbons (Fsp3) is 0.583. The number of hydrogen-bond acceptors (Lipinski definition) is 4. The second-order valence-electron chi connectivity index (χ2n) is 4.31. The van der Waals surface area contributed by atoms with Crippen LogP contribution >= 0.6 is 0 Å². The highest BCUT2D eigenvalue weighted by atomic mass is 32.2. The second-order valence-corrected chi connectivity index (χ2v) is 6.15. The van der Waals surface area contributed by atoms with Crippen LogP contribution in [0.2, 0.25) is 0 Å². The SMILES string of the molecule is CCCS(=O)(=O)Nc1ccc(NC(C)CC)nc1. The lowest BCUT2D eigenvalue weighted by Gasteiger charge is -2.12. The maximum Gasteiger partial charge on any atom is 0.232 e. The van der Waals surface area contributed by atoms with E-state index in [4.69, 9.17) is 0 Å². The predicted octanol–water partition coefficient (Wildman–Crippen LogP) is 2.44. The van der Waals surface area contributed by atoms with Crippen LogP contribution in [-0.4, -0.2) is 25.2 Å². The average molecular weight is 271 g/mol. The van der Waals surface area contributed by atoms with E-state index in [0.717, 1.165) is 12.2 Å². The van der Waals surface area contributed by atoms with Gasteiger partial charge in [-0.15, -0.1) is 0 Å². The van der Waals surface area contributed by atoms with Crippen molar-refractivity contribution in [3.63, 3.8) is 0 Å². The quantitative estimate of drug-likeness (QED) is 0.799. The monoisotopic (exact) mass is 271 g/mol. The fourth-order valence-corrected chi connectivity index (χ4v) is 2.51. The van der Waals surface area contributed by atoms with Crippen molar-refractivity contribution in [2.75, 3.05) is 15.8 Å². The summed E-state index contributed by atoms with van der Waals surface area (Å²) in [5.74, 6) is 0.877.